The molecular formula is C22H19ClN2O4S2. The van der Waals surface area contributed by atoms with Gasteiger partial charge in [0.25, 0.3) is 10.0 Å². The number of aromatic nitrogens is 1. The Morgan fingerprint density at radius 2 is 1.90 bits per heavy atom. The Balaban J connectivity index is 1.74. The molecule has 6 nitrogen and oxygen atoms in total. The Kier molecular flexibility index (Phi) is 6.04. The lowest BCUT2D eigenvalue weighted by Crippen LogP contribution is -2.30. The second-order valence-corrected chi connectivity index (χ2v) is 10.1. The molecule has 0 unspecified atom stereocenters. The van der Waals surface area contributed by atoms with Crippen molar-refractivity contribution in [2.45, 2.75) is 17.7 Å². The van der Waals surface area contributed by atoms with Crippen LogP contribution in [0.5, 0.6) is 5.75 Å². The molecule has 0 N–H and O–H groups in total. The molecule has 0 bridgehead atoms. The van der Waals surface area contributed by atoms with Gasteiger partial charge >= 0.3 is 0 Å². The molecule has 160 valence electrons. The van der Waals surface area contributed by atoms with Crippen LogP contribution >= 0.6 is 22.9 Å². The number of halogens is 1. The third-order valence-corrected chi connectivity index (χ3v) is 8.04. The second-order valence-electron chi connectivity index (χ2n) is 6.67. The molecule has 0 saturated carbocycles. The predicted octanol–water partition coefficient (Wildman–Crippen LogP) is 5.77. The molecule has 0 radical (unpaired) electrons. The summed E-state index contributed by atoms with van der Waals surface area (Å²) in [6.07, 6.45) is 0. The van der Waals surface area contributed by atoms with Crippen molar-refractivity contribution in [3.63, 3.8) is 0 Å². The van der Waals surface area contributed by atoms with Gasteiger partial charge in [0.15, 0.2) is 0 Å². The zero-order chi connectivity index (χ0) is 22.0. The minimum atomic E-state index is -3.80. The highest BCUT2D eigenvalue weighted by molar-refractivity contribution is 7.94. The first-order valence-electron chi connectivity index (χ1n) is 9.31. The van der Waals surface area contributed by atoms with Crippen LogP contribution in [0.2, 0.25) is 5.02 Å². The molecule has 0 aliphatic rings. The third kappa shape index (κ3) is 4.46. The van der Waals surface area contributed by atoms with E-state index in [-0.39, 0.29) is 10.8 Å². The van der Waals surface area contributed by atoms with Crippen molar-refractivity contribution in [1.29, 1.82) is 0 Å². The number of rotatable bonds is 7. The Bertz CT molecular complexity index is 1280. The van der Waals surface area contributed by atoms with Crippen molar-refractivity contribution in [2.24, 2.45) is 0 Å². The number of benzene rings is 2. The number of sulfonamides is 1. The van der Waals surface area contributed by atoms with Gasteiger partial charge in [0.05, 0.1) is 19.3 Å². The highest BCUT2D eigenvalue weighted by Crippen LogP contribution is 2.31. The van der Waals surface area contributed by atoms with Gasteiger partial charge in [-0.1, -0.05) is 23.7 Å². The summed E-state index contributed by atoms with van der Waals surface area (Å²) < 4.78 is 39.4. The zero-order valence-corrected chi connectivity index (χ0v) is 19.2. The highest BCUT2D eigenvalue weighted by Gasteiger charge is 2.28. The van der Waals surface area contributed by atoms with Crippen LogP contribution in [0.15, 0.2) is 74.7 Å². The van der Waals surface area contributed by atoms with Gasteiger partial charge in [-0.2, -0.15) is 0 Å². The predicted molar refractivity (Wildman–Crippen MR) is 122 cm³/mol. The number of nitrogens with zero attached hydrogens (tertiary/aromatic N) is 2. The first-order chi connectivity index (χ1) is 14.9. The maximum absolute atomic E-state index is 13.4. The van der Waals surface area contributed by atoms with E-state index in [4.69, 9.17) is 20.8 Å². The standard InChI is InChI=1S/C22H19ClN2O4S2/c1-15-20(24-22(29-15)16-5-3-6-17(23)13-16)14-25(18-8-10-19(28-2)11-9-18)31(26,27)21-7-4-12-30-21/h3-13H,14H2,1-2H3. The lowest BCUT2D eigenvalue weighted by atomic mass is 10.2. The van der Waals surface area contributed by atoms with E-state index in [1.807, 2.05) is 12.1 Å². The van der Waals surface area contributed by atoms with E-state index in [0.29, 0.717) is 33.8 Å². The number of hydrogen-bond donors (Lipinski definition) is 0. The molecule has 9 heteroatoms. The zero-order valence-electron chi connectivity index (χ0n) is 16.8. The third-order valence-electron chi connectivity index (χ3n) is 4.66. The second kappa shape index (κ2) is 8.74. The minimum absolute atomic E-state index is 0.0163. The largest absolute Gasteiger partial charge is 0.497 e. The van der Waals surface area contributed by atoms with Gasteiger partial charge in [-0.3, -0.25) is 4.31 Å². The monoisotopic (exact) mass is 474 g/mol. The van der Waals surface area contributed by atoms with Gasteiger partial charge in [-0.15, -0.1) is 11.3 Å². The lowest BCUT2D eigenvalue weighted by Gasteiger charge is -2.23. The Labute approximate surface area is 189 Å². The summed E-state index contributed by atoms with van der Waals surface area (Å²) in [5, 5.41) is 2.30. The van der Waals surface area contributed by atoms with Crippen molar-refractivity contribution in [2.75, 3.05) is 11.4 Å². The van der Waals surface area contributed by atoms with Gasteiger partial charge in [-0.05, 0) is 60.8 Å². The quantitative estimate of drug-likeness (QED) is 0.340. The van der Waals surface area contributed by atoms with Gasteiger partial charge in [0, 0.05) is 10.6 Å². The average Bonchev–Trinajstić information content (AvgIpc) is 3.43. The summed E-state index contributed by atoms with van der Waals surface area (Å²) in [7, 11) is -2.24. The van der Waals surface area contributed by atoms with Crippen LogP contribution in [-0.2, 0) is 16.6 Å². The molecule has 0 fully saturated rings. The summed E-state index contributed by atoms with van der Waals surface area (Å²) >= 11 is 7.25. The SMILES string of the molecule is COc1ccc(N(Cc2nc(-c3cccc(Cl)c3)oc2C)S(=O)(=O)c2cccs2)cc1. The minimum Gasteiger partial charge on any atom is -0.497 e. The number of ether oxygens (including phenoxy) is 1. The first-order valence-corrected chi connectivity index (χ1v) is 12.0. The van der Waals surface area contributed by atoms with Crippen molar-refractivity contribution in [3.8, 4) is 17.2 Å². The fourth-order valence-electron chi connectivity index (χ4n) is 3.04. The van der Waals surface area contributed by atoms with Crippen molar-refractivity contribution in [1.82, 2.24) is 4.98 Å². The molecule has 0 aliphatic carbocycles. The Morgan fingerprint density at radius 1 is 1.13 bits per heavy atom. The van der Waals surface area contributed by atoms with Crippen molar-refractivity contribution in [3.05, 3.63) is 82.5 Å². The van der Waals surface area contributed by atoms with Crippen molar-refractivity contribution >= 4 is 38.6 Å². The van der Waals surface area contributed by atoms with Gasteiger partial charge < -0.3 is 9.15 Å². The van der Waals surface area contributed by atoms with E-state index in [9.17, 15) is 8.42 Å². The molecule has 0 spiro atoms. The number of hydrogen-bond acceptors (Lipinski definition) is 6. The average molecular weight is 475 g/mol. The number of methoxy groups -OCH3 is 1. The molecule has 2 heterocycles. The molecule has 4 aromatic rings. The highest BCUT2D eigenvalue weighted by atomic mass is 35.5. The lowest BCUT2D eigenvalue weighted by molar-refractivity contribution is 0.415. The molecular weight excluding hydrogens is 456 g/mol. The molecule has 0 atom stereocenters. The van der Waals surface area contributed by atoms with E-state index in [0.717, 1.165) is 5.56 Å². The maximum atomic E-state index is 13.4. The van der Waals surface area contributed by atoms with E-state index in [2.05, 4.69) is 4.98 Å². The summed E-state index contributed by atoms with van der Waals surface area (Å²) in [6.45, 7) is 1.78. The Hall–Kier alpha value is -2.81. The number of thiophene rings is 1. The molecule has 0 saturated heterocycles. The van der Waals surface area contributed by atoms with Crippen LogP contribution in [0.1, 0.15) is 11.5 Å². The van der Waals surface area contributed by atoms with Crippen LogP contribution in [0.3, 0.4) is 0 Å². The van der Waals surface area contributed by atoms with E-state index >= 15 is 0 Å². The molecule has 0 amide bonds. The number of aryl methyl sites for hydroxylation is 1. The topological polar surface area (TPSA) is 72.6 Å². The fraction of sp³-hybridized carbons (Fsp3) is 0.136. The van der Waals surface area contributed by atoms with E-state index < -0.39 is 10.0 Å². The molecule has 31 heavy (non-hydrogen) atoms. The van der Waals surface area contributed by atoms with E-state index in [1.165, 1.54) is 15.6 Å². The van der Waals surface area contributed by atoms with Gasteiger partial charge in [0.2, 0.25) is 5.89 Å². The van der Waals surface area contributed by atoms with Gasteiger partial charge in [-0.25, -0.2) is 13.4 Å². The van der Waals surface area contributed by atoms with Crippen LogP contribution in [-0.4, -0.2) is 20.5 Å². The molecule has 2 aromatic carbocycles. The number of oxazole rings is 1. The molecule has 2 aromatic heterocycles. The Morgan fingerprint density at radius 3 is 2.55 bits per heavy atom. The van der Waals surface area contributed by atoms with Gasteiger partial charge in [0.1, 0.15) is 21.4 Å². The smallest absolute Gasteiger partial charge is 0.274 e. The summed E-state index contributed by atoms with van der Waals surface area (Å²) in [4.78, 5) is 4.56. The van der Waals surface area contributed by atoms with E-state index in [1.54, 1.807) is 67.9 Å². The fourth-order valence-corrected chi connectivity index (χ4v) is 5.76. The summed E-state index contributed by atoms with van der Waals surface area (Å²) in [5.74, 6) is 1.56. The summed E-state index contributed by atoms with van der Waals surface area (Å²) in [5.41, 5.74) is 1.74. The first kappa shape index (κ1) is 21.4. The summed E-state index contributed by atoms with van der Waals surface area (Å²) in [6, 6.07) is 17.3. The normalized spacial score (nSPS) is 11.5. The van der Waals surface area contributed by atoms with Crippen LogP contribution in [0.25, 0.3) is 11.5 Å². The van der Waals surface area contributed by atoms with Crippen molar-refractivity contribution < 1.29 is 17.6 Å². The van der Waals surface area contributed by atoms with Crippen LogP contribution in [0, 0.1) is 6.92 Å². The van der Waals surface area contributed by atoms with Crippen LogP contribution < -0.4 is 9.04 Å². The van der Waals surface area contributed by atoms with Crippen LogP contribution in [0.4, 0.5) is 5.69 Å². The molecule has 0 aliphatic heterocycles. The maximum Gasteiger partial charge on any atom is 0.274 e. The number of anilines is 1. The molecule has 4 rings (SSSR count).